The Labute approximate surface area is 237 Å². The first-order valence-electron chi connectivity index (χ1n) is 12.2. The number of carboxylic acid groups (broad SMARTS) is 1. The molecule has 0 spiro atoms. The van der Waals surface area contributed by atoms with E-state index in [1.54, 1.807) is 6.92 Å². The number of carboxylic acids is 1. The second-order valence-electron chi connectivity index (χ2n) is 9.80. The molecule has 0 bridgehead atoms. The number of hydrogen-bond acceptors (Lipinski definition) is 10. The number of hydrogen-bond donors (Lipinski definition) is 1. The zero-order chi connectivity index (χ0) is 30.3. The molecule has 4 rings (SSSR count). The lowest BCUT2D eigenvalue weighted by Crippen LogP contribution is -2.52. The van der Waals surface area contributed by atoms with Crippen LogP contribution in [0.2, 0.25) is 0 Å². The van der Waals surface area contributed by atoms with Crippen molar-refractivity contribution in [3.8, 4) is 10.8 Å². The maximum absolute atomic E-state index is 14.4. The third kappa shape index (κ3) is 5.80. The van der Waals surface area contributed by atoms with Crippen molar-refractivity contribution in [1.29, 1.82) is 0 Å². The number of aromatic nitrogens is 5. The predicted octanol–water partition coefficient (Wildman–Crippen LogP) is 1.88. The van der Waals surface area contributed by atoms with E-state index in [-0.39, 0.29) is 40.4 Å². The third-order valence-corrected chi connectivity index (χ3v) is 8.72. The molecule has 0 fully saturated rings. The summed E-state index contributed by atoms with van der Waals surface area (Å²) in [6.07, 6.45) is 2.76. The standard InChI is InChI=1S/C25H28FN5O8S2/c1-14-19-20(32)30(25(2,3)23(33)34)24(35)29(22(19)40-21(14)31-27-8-9-28-31)13-18(39-10-11-41(5,36)37)16-12-15(26)6-7-17(16)38-4/h6-9,12,18H,10-11,13H2,1-5H3,(H,33,34)/t18-/m0/s1. The van der Waals surface area contributed by atoms with Crippen LogP contribution in [0.1, 0.15) is 31.1 Å². The molecule has 0 amide bonds. The Morgan fingerprint density at radius 2 is 1.88 bits per heavy atom. The molecule has 41 heavy (non-hydrogen) atoms. The fourth-order valence-corrected chi connectivity index (χ4v) is 5.92. The summed E-state index contributed by atoms with van der Waals surface area (Å²) in [5.74, 6) is -2.20. The zero-order valence-electron chi connectivity index (χ0n) is 22.8. The average molecular weight is 610 g/mol. The number of rotatable bonds is 11. The Balaban J connectivity index is 2.02. The lowest BCUT2D eigenvalue weighted by Gasteiger charge is -2.25. The van der Waals surface area contributed by atoms with Gasteiger partial charge in [-0.2, -0.15) is 10.2 Å². The average Bonchev–Trinajstić information content (AvgIpc) is 3.52. The van der Waals surface area contributed by atoms with Crippen LogP contribution in [0.4, 0.5) is 4.39 Å². The Morgan fingerprint density at radius 1 is 1.22 bits per heavy atom. The summed E-state index contributed by atoms with van der Waals surface area (Å²) < 4.78 is 51.1. The summed E-state index contributed by atoms with van der Waals surface area (Å²) in [6, 6.07) is 3.67. The number of nitrogens with zero attached hydrogens (tertiary/aromatic N) is 5. The third-order valence-electron chi connectivity index (χ3n) is 6.53. The predicted molar refractivity (Wildman–Crippen MR) is 148 cm³/mol. The van der Waals surface area contributed by atoms with E-state index in [1.807, 2.05) is 0 Å². The minimum atomic E-state index is -3.43. The van der Waals surface area contributed by atoms with E-state index in [2.05, 4.69) is 10.2 Å². The molecular weight excluding hydrogens is 581 g/mol. The molecule has 13 nitrogen and oxygen atoms in total. The van der Waals surface area contributed by atoms with Crippen LogP contribution >= 0.6 is 11.3 Å². The Bertz CT molecular complexity index is 1840. The topological polar surface area (TPSA) is 165 Å². The summed E-state index contributed by atoms with van der Waals surface area (Å²) in [5.41, 5.74) is -3.14. The van der Waals surface area contributed by atoms with Crippen LogP contribution in [-0.2, 0) is 31.5 Å². The summed E-state index contributed by atoms with van der Waals surface area (Å²) >= 11 is 1.03. The monoisotopic (exact) mass is 609 g/mol. The summed E-state index contributed by atoms with van der Waals surface area (Å²) in [4.78, 5) is 41.3. The molecule has 3 aromatic heterocycles. The van der Waals surface area contributed by atoms with Crippen molar-refractivity contribution in [1.82, 2.24) is 24.1 Å². The van der Waals surface area contributed by atoms with E-state index in [1.165, 1.54) is 54.8 Å². The van der Waals surface area contributed by atoms with Gasteiger partial charge < -0.3 is 14.6 Å². The molecule has 0 aliphatic carbocycles. The van der Waals surface area contributed by atoms with E-state index in [0.717, 1.165) is 23.7 Å². The fourth-order valence-electron chi connectivity index (χ4n) is 4.30. The molecule has 1 atom stereocenters. The first-order valence-corrected chi connectivity index (χ1v) is 15.1. The highest BCUT2D eigenvalue weighted by molar-refractivity contribution is 7.90. The number of aryl methyl sites for hydroxylation is 1. The van der Waals surface area contributed by atoms with Crippen LogP contribution < -0.4 is 16.0 Å². The van der Waals surface area contributed by atoms with Crippen LogP contribution in [0.25, 0.3) is 15.2 Å². The summed E-state index contributed by atoms with van der Waals surface area (Å²) in [6.45, 7) is 3.43. The van der Waals surface area contributed by atoms with Crippen LogP contribution in [0.5, 0.6) is 5.75 Å². The second kappa shape index (κ2) is 11.2. The van der Waals surface area contributed by atoms with Crippen molar-refractivity contribution in [3.63, 3.8) is 0 Å². The van der Waals surface area contributed by atoms with Crippen LogP contribution in [0.15, 0.2) is 40.2 Å². The zero-order valence-corrected chi connectivity index (χ0v) is 24.5. The van der Waals surface area contributed by atoms with Crippen LogP contribution in [0, 0.1) is 12.7 Å². The van der Waals surface area contributed by atoms with Gasteiger partial charge in [-0.05, 0) is 39.0 Å². The van der Waals surface area contributed by atoms with Crippen molar-refractivity contribution in [2.24, 2.45) is 0 Å². The van der Waals surface area contributed by atoms with Gasteiger partial charge in [0.15, 0.2) is 0 Å². The molecule has 0 saturated heterocycles. The molecule has 16 heteroatoms. The summed E-state index contributed by atoms with van der Waals surface area (Å²) in [5, 5.41) is 18.6. The highest BCUT2D eigenvalue weighted by Crippen LogP contribution is 2.34. The molecule has 0 radical (unpaired) electrons. The smallest absolute Gasteiger partial charge is 0.333 e. The lowest BCUT2D eigenvalue weighted by atomic mass is 10.1. The first-order chi connectivity index (χ1) is 19.2. The number of methoxy groups -OCH3 is 1. The molecule has 1 N–H and O–H groups in total. The maximum Gasteiger partial charge on any atom is 0.333 e. The first kappa shape index (κ1) is 30.1. The van der Waals surface area contributed by atoms with Crippen LogP contribution in [0.3, 0.4) is 0 Å². The minimum Gasteiger partial charge on any atom is -0.496 e. The van der Waals surface area contributed by atoms with Gasteiger partial charge in [-0.15, -0.1) is 4.80 Å². The van der Waals surface area contributed by atoms with Crippen molar-refractivity contribution < 1.29 is 32.2 Å². The second-order valence-corrected chi connectivity index (χ2v) is 13.0. The number of benzene rings is 1. The molecule has 1 aromatic carbocycles. The van der Waals surface area contributed by atoms with Gasteiger partial charge in [0.25, 0.3) is 5.56 Å². The largest absolute Gasteiger partial charge is 0.496 e. The highest BCUT2D eigenvalue weighted by atomic mass is 32.2. The molecular formula is C25H28FN5O8S2. The van der Waals surface area contributed by atoms with Crippen LogP contribution in [-0.4, -0.2) is 69.3 Å². The quantitative estimate of drug-likeness (QED) is 0.265. The molecule has 0 unspecified atom stereocenters. The number of halogens is 1. The van der Waals surface area contributed by atoms with Gasteiger partial charge in [-0.25, -0.2) is 27.0 Å². The van der Waals surface area contributed by atoms with Crippen molar-refractivity contribution in [2.45, 2.75) is 39.0 Å². The van der Waals surface area contributed by atoms with Gasteiger partial charge in [0.2, 0.25) is 0 Å². The van der Waals surface area contributed by atoms with Crippen molar-refractivity contribution in [2.75, 3.05) is 25.7 Å². The molecule has 3 heterocycles. The van der Waals surface area contributed by atoms with E-state index in [9.17, 15) is 32.3 Å². The Morgan fingerprint density at radius 3 is 2.46 bits per heavy atom. The number of carbonyl (C=O) groups is 1. The molecule has 0 aliphatic rings. The van der Waals surface area contributed by atoms with Gasteiger partial charge in [-0.1, -0.05) is 11.3 Å². The van der Waals surface area contributed by atoms with Gasteiger partial charge >= 0.3 is 11.7 Å². The number of thiophene rings is 1. The van der Waals surface area contributed by atoms with Crippen molar-refractivity contribution >= 4 is 37.4 Å². The maximum atomic E-state index is 14.4. The van der Waals surface area contributed by atoms with E-state index >= 15 is 0 Å². The van der Waals surface area contributed by atoms with Gasteiger partial charge in [0, 0.05) is 17.4 Å². The molecule has 220 valence electrons. The SMILES string of the molecule is COc1ccc(F)cc1[C@H](Cn1c(=O)n(C(C)(C)C(=O)O)c(=O)c2c(C)c(-n3nccn3)sc21)OCCS(C)(=O)=O. The van der Waals surface area contributed by atoms with Gasteiger partial charge in [0.1, 0.15) is 42.9 Å². The minimum absolute atomic E-state index is 0.0670. The molecule has 4 aromatic rings. The highest BCUT2D eigenvalue weighted by Gasteiger charge is 2.36. The molecule has 0 aliphatic heterocycles. The number of aliphatic carboxylic acids is 1. The number of sulfone groups is 1. The number of ether oxygens (including phenoxy) is 2. The van der Waals surface area contributed by atoms with E-state index in [0.29, 0.717) is 15.1 Å². The van der Waals surface area contributed by atoms with Gasteiger partial charge in [-0.3, -0.25) is 9.36 Å². The Hall–Kier alpha value is -3.89. The van der Waals surface area contributed by atoms with E-state index in [4.69, 9.17) is 9.47 Å². The number of fused-ring (bicyclic) bond motifs is 1. The Kier molecular flexibility index (Phi) is 8.20. The summed E-state index contributed by atoms with van der Waals surface area (Å²) in [7, 11) is -2.08. The lowest BCUT2D eigenvalue weighted by molar-refractivity contribution is -0.146. The van der Waals surface area contributed by atoms with Gasteiger partial charge in [0.05, 0.1) is 43.8 Å². The van der Waals surface area contributed by atoms with E-state index < -0.39 is 44.5 Å². The normalized spacial score (nSPS) is 13.0. The fraction of sp³-hybridized carbons (Fsp3) is 0.400. The molecule has 0 saturated carbocycles. The van der Waals surface area contributed by atoms with Crippen molar-refractivity contribution in [3.05, 3.63) is 68.4 Å².